The fraction of sp³-hybridized carbons (Fsp3) is 0.0909. The van der Waals surface area contributed by atoms with E-state index in [1.54, 1.807) is 19.1 Å². The van der Waals surface area contributed by atoms with Gasteiger partial charge in [0.05, 0.1) is 18.1 Å². The number of hydrogen-bond acceptors (Lipinski definition) is 2. The highest BCUT2D eigenvalue weighted by atomic mass is 19.1. The maximum atomic E-state index is 13.3. The molecule has 0 amide bonds. The predicted octanol–water partition coefficient (Wildman–Crippen LogP) is 1.88. The van der Waals surface area contributed by atoms with E-state index in [0.717, 1.165) is 0 Å². The molecule has 0 fully saturated rings. The first kappa shape index (κ1) is 9.58. The number of aromatic nitrogens is 2. The van der Waals surface area contributed by atoms with Crippen LogP contribution in [0.25, 0.3) is 11.3 Å². The van der Waals surface area contributed by atoms with Crippen LogP contribution in [0.15, 0.2) is 35.4 Å². The van der Waals surface area contributed by atoms with Gasteiger partial charge in [0.2, 0.25) is 0 Å². The second kappa shape index (κ2) is 3.65. The summed E-state index contributed by atoms with van der Waals surface area (Å²) in [6, 6.07) is 4.72. The average Bonchev–Trinajstić information content (AvgIpc) is 2.22. The van der Waals surface area contributed by atoms with Crippen LogP contribution in [0.3, 0.4) is 0 Å². The standard InChI is InChI=1S/C11H9FN2O/c1-7-8(3-2-4-9(7)12)10-5-13-6-11(15)14-10/h2-6H,1H3,(H,14,15). The molecule has 0 radical (unpaired) electrons. The molecule has 0 bridgehead atoms. The molecule has 0 saturated heterocycles. The van der Waals surface area contributed by atoms with Gasteiger partial charge in [0.25, 0.3) is 5.56 Å². The fourth-order valence-electron chi connectivity index (χ4n) is 1.41. The van der Waals surface area contributed by atoms with Gasteiger partial charge >= 0.3 is 0 Å². The van der Waals surface area contributed by atoms with Crippen molar-refractivity contribution in [2.24, 2.45) is 0 Å². The zero-order valence-electron chi connectivity index (χ0n) is 8.12. The number of aromatic amines is 1. The number of H-pyrrole nitrogens is 1. The molecule has 15 heavy (non-hydrogen) atoms. The number of hydrogen-bond donors (Lipinski definition) is 1. The summed E-state index contributed by atoms with van der Waals surface area (Å²) < 4.78 is 13.3. The van der Waals surface area contributed by atoms with Crippen molar-refractivity contribution in [3.8, 4) is 11.3 Å². The first-order valence-electron chi connectivity index (χ1n) is 4.48. The largest absolute Gasteiger partial charge is 0.319 e. The van der Waals surface area contributed by atoms with Gasteiger partial charge in [0.1, 0.15) is 5.82 Å². The Morgan fingerprint density at radius 3 is 2.87 bits per heavy atom. The summed E-state index contributed by atoms with van der Waals surface area (Å²) in [6.07, 6.45) is 2.68. The lowest BCUT2D eigenvalue weighted by Gasteiger charge is -2.05. The van der Waals surface area contributed by atoms with E-state index < -0.39 is 0 Å². The Balaban J connectivity index is 2.64. The van der Waals surface area contributed by atoms with Crippen LogP contribution in [-0.4, -0.2) is 9.97 Å². The first-order valence-corrected chi connectivity index (χ1v) is 4.48. The van der Waals surface area contributed by atoms with E-state index in [1.807, 2.05) is 0 Å². The van der Waals surface area contributed by atoms with Gasteiger partial charge < -0.3 is 4.98 Å². The molecule has 0 aliphatic rings. The second-order valence-electron chi connectivity index (χ2n) is 3.22. The van der Waals surface area contributed by atoms with Crippen LogP contribution in [0, 0.1) is 12.7 Å². The topological polar surface area (TPSA) is 45.8 Å². The van der Waals surface area contributed by atoms with Crippen molar-refractivity contribution < 1.29 is 4.39 Å². The molecule has 2 rings (SSSR count). The summed E-state index contributed by atoms with van der Waals surface area (Å²) in [5, 5.41) is 0. The van der Waals surface area contributed by atoms with Gasteiger partial charge in [0, 0.05) is 5.56 Å². The van der Waals surface area contributed by atoms with Gasteiger partial charge in [-0.1, -0.05) is 12.1 Å². The Morgan fingerprint density at radius 2 is 2.13 bits per heavy atom. The molecule has 0 aliphatic carbocycles. The zero-order valence-corrected chi connectivity index (χ0v) is 8.12. The molecule has 1 heterocycles. The Hall–Kier alpha value is -1.97. The molecule has 1 N–H and O–H groups in total. The van der Waals surface area contributed by atoms with E-state index in [0.29, 0.717) is 16.8 Å². The Labute approximate surface area is 85.6 Å². The third kappa shape index (κ3) is 1.79. The summed E-state index contributed by atoms with van der Waals surface area (Å²) in [5.41, 5.74) is 1.39. The van der Waals surface area contributed by atoms with Crippen LogP contribution < -0.4 is 5.56 Å². The predicted molar refractivity (Wildman–Crippen MR) is 55.0 cm³/mol. The molecule has 0 unspecified atom stereocenters. The lowest BCUT2D eigenvalue weighted by Crippen LogP contribution is -2.06. The fourth-order valence-corrected chi connectivity index (χ4v) is 1.41. The Morgan fingerprint density at radius 1 is 1.33 bits per heavy atom. The third-order valence-corrected chi connectivity index (χ3v) is 2.21. The molecule has 0 atom stereocenters. The van der Waals surface area contributed by atoms with E-state index in [1.165, 1.54) is 18.5 Å². The maximum Gasteiger partial charge on any atom is 0.266 e. The molecule has 3 nitrogen and oxygen atoms in total. The minimum absolute atomic E-state index is 0.294. The van der Waals surface area contributed by atoms with E-state index >= 15 is 0 Å². The van der Waals surface area contributed by atoms with Crippen molar-refractivity contribution in [2.45, 2.75) is 6.92 Å². The van der Waals surface area contributed by atoms with Gasteiger partial charge in [-0.3, -0.25) is 9.78 Å². The zero-order chi connectivity index (χ0) is 10.8. The Bertz CT molecular complexity index is 548. The minimum atomic E-state index is -0.295. The van der Waals surface area contributed by atoms with Crippen molar-refractivity contribution >= 4 is 0 Å². The van der Waals surface area contributed by atoms with E-state index in [4.69, 9.17) is 0 Å². The lowest BCUT2D eigenvalue weighted by molar-refractivity contribution is 0.619. The van der Waals surface area contributed by atoms with Gasteiger partial charge in [-0.05, 0) is 18.6 Å². The average molecular weight is 204 g/mol. The number of nitrogens with one attached hydrogen (secondary N) is 1. The SMILES string of the molecule is Cc1c(F)cccc1-c1cncc(=O)[nH]1. The van der Waals surface area contributed by atoms with Crippen LogP contribution in [0.1, 0.15) is 5.56 Å². The number of benzene rings is 1. The molecule has 76 valence electrons. The molecule has 4 heteroatoms. The highest BCUT2D eigenvalue weighted by molar-refractivity contribution is 5.62. The summed E-state index contributed by atoms with van der Waals surface area (Å²) in [7, 11) is 0. The van der Waals surface area contributed by atoms with E-state index in [9.17, 15) is 9.18 Å². The summed E-state index contributed by atoms with van der Waals surface area (Å²) in [5.74, 6) is -0.294. The molecule has 1 aromatic carbocycles. The lowest BCUT2D eigenvalue weighted by atomic mass is 10.1. The molecular formula is C11H9FN2O. The monoisotopic (exact) mass is 204 g/mol. The van der Waals surface area contributed by atoms with Crippen LogP contribution in [0.4, 0.5) is 4.39 Å². The van der Waals surface area contributed by atoms with Crippen LogP contribution >= 0.6 is 0 Å². The molecule has 0 spiro atoms. The Kier molecular flexibility index (Phi) is 2.33. The van der Waals surface area contributed by atoms with Crippen LogP contribution in [-0.2, 0) is 0 Å². The van der Waals surface area contributed by atoms with Gasteiger partial charge in [-0.15, -0.1) is 0 Å². The molecular weight excluding hydrogens is 195 g/mol. The van der Waals surface area contributed by atoms with Crippen molar-refractivity contribution in [3.05, 3.63) is 52.3 Å². The molecule has 1 aromatic heterocycles. The summed E-state index contributed by atoms with van der Waals surface area (Å²) in [6.45, 7) is 1.66. The quantitative estimate of drug-likeness (QED) is 0.770. The van der Waals surface area contributed by atoms with Crippen LogP contribution in [0.5, 0.6) is 0 Å². The van der Waals surface area contributed by atoms with E-state index in [-0.39, 0.29) is 11.4 Å². The minimum Gasteiger partial charge on any atom is -0.319 e. The molecule has 2 aromatic rings. The van der Waals surface area contributed by atoms with Crippen LogP contribution in [0.2, 0.25) is 0 Å². The molecule has 0 aliphatic heterocycles. The third-order valence-electron chi connectivity index (χ3n) is 2.21. The van der Waals surface area contributed by atoms with Crippen molar-refractivity contribution in [2.75, 3.05) is 0 Å². The number of rotatable bonds is 1. The smallest absolute Gasteiger partial charge is 0.266 e. The van der Waals surface area contributed by atoms with E-state index in [2.05, 4.69) is 9.97 Å². The van der Waals surface area contributed by atoms with Crippen molar-refractivity contribution in [1.29, 1.82) is 0 Å². The second-order valence-corrected chi connectivity index (χ2v) is 3.22. The summed E-state index contributed by atoms with van der Waals surface area (Å²) >= 11 is 0. The van der Waals surface area contributed by atoms with Crippen molar-refractivity contribution in [1.82, 2.24) is 9.97 Å². The normalized spacial score (nSPS) is 10.3. The highest BCUT2D eigenvalue weighted by Gasteiger charge is 2.06. The number of nitrogens with zero attached hydrogens (tertiary/aromatic N) is 1. The maximum absolute atomic E-state index is 13.3. The highest BCUT2D eigenvalue weighted by Crippen LogP contribution is 2.21. The van der Waals surface area contributed by atoms with Crippen molar-refractivity contribution in [3.63, 3.8) is 0 Å². The first-order chi connectivity index (χ1) is 7.18. The summed E-state index contributed by atoms with van der Waals surface area (Å²) in [4.78, 5) is 17.4. The van der Waals surface area contributed by atoms with Gasteiger partial charge in [-0.25, -0.2) is 4.39 Å². The number of halogens is 1. The molecule has 0 saturated carbocycles. The van der Waals surface area contributed by atoms with Gasteiger partial charge in [0.15, 0.2) is 0 Å². The van der Waals surface area contributed by atoms with Gasteiger partial charge in [-0.2, -0.15) is 0 Å².